The number of hydrogen-bond donors (Lipinski definition) is 0. The van der Waals surface area contributed by atoms with Gasteiger partial charge in [0, 0.05) is 33.1 Å². The summed E-state index contributed by atoms with van der Waals surface area (Å²) in [6.07, 6.45) is 3.17. The van der Waals surface area contributed by atoms with Crippen molar-refractivity contribution >= 4 is 10.0 Å². The van der Waals surface area contributed by atoms with Crippen LogP contribution in [0.15, 0.2) is 18.5 Å². The van der Waals surface area contributed by atoms with E-state index in [1.165, 1.54) is 11.4 Å². The molecule has 1 unspecified atom stereocenters. The van der Waals surface area contributed by atoms with Crippen LogP contribution in [0.3, 0.4) is 0 Å². The largest absolute Gasteiger partial charge is 0.381 e. The molecule has 17 heavy (non-hydrogen) atoms. The van der Waals surface area contributed by atoms with Gasteiger partial charge in [-0.1, -0.05) is 0 Å². The van der Waals surface area contributed by atoms with Gasteiger partial charge >= 0.3 is 0 Å². The summed E-state index contributed by atoms with van der Waals surface area (Å²) in [4.78, 5) is 0. The van der Waals surface area contributed by atoms with Gasteiger partial charge in [0.2, 0.25) is 10.0 Å². The van der Waals surface area contributed by atoms with Crippen LogP contribution in [0.25, 0.3) is 0 Å². The predicted octanol–water partition coefficient (Wildman–Crippen LogP) is 0.180. The van der Waals surface area contributed by atoms with E-state index in [2.05, 4.69) is 5.10 Å². The Morgan fingerprint density at radius 2 is 2.24 bits per heavy atom. The van der Waals surface area contributed by atoms with Crippen molar-refractivity contribution in [3.05, 3.63) is 18.5 Å². The number of ether oxygens (including phenoxy) is 1. The fraction of sp³-hybridized carbons (Fsp3) is 0.700. The Morgan fingerprint density at radius 1 is 1.53 bits per heavy atom. The summed E-state index contributed by atoms with van der Waals surface area (Å²) >= 11 is 0. The second-order valence-electron chi connectivity index (χ2n) is 3.92. The summed E-state index contributed by atoms with van der Waals surface area (Å²) in [5, 5.41) is 4.02. The molecule has 6 nitrogen and oxygen atoms in total. The highest BCUT2D eigenvalue weighted by Crippen LogP contribution is 2.03. The van der Waals surface area contributed by atoms with Crippen molar-refractivity contribution in [1.29, 1.82) is 0 Å². The summed E-state index contributed by atoms with van der Waals surface area (Å²) < 4.78 is 31.8. The molecule has 0 radical (unpaired) electrons. The standard InChI is InChI=1S/C10H19N3O3S/c1-10(16-3)9-17(14,15)12(2)7-8-13-6-4-5-11-13/h4-6,10H,7-9H2,1-3H3. The third kappa shape index (κ3) is 4.45. The quantitative estimate of drug-likeness (QED) is 0.702. The predicted molar refractivity (Wildman–Crippen MR) is 65.1 cm³/mol. The van der Waals surface area contributed by atoms with Crippen LogP contribution < -0.4 is 0 Å². The van der Waals surface area contributed by atoms with E-state index in [9.17, 15) is 8.42 Å². The first kappa shape index (κ1) is 14.1. The first-order valence-corrected chi connectivity index (χ1v) is 7.01. The van der Waals surface area contributed by atoms with E-state index in [4.69, 9.17) is 4.74 Å². The molecule has 1 aromatic heterocycles. The number of nitrogens with zero attached hydrogens (tertiary/aromatic N) is 3. The summed E-state index contributed by atoms with van der Waals surface area (Å²) in [6, 6.07) is 1.81. The summed E-state index contributed by atoms with van der Waals surface area (Å²) in [5.41, 5.74) is 0. The van der Waals surface area contributed by atoms with E-state index in [0.717, 1.165) is 0 Å². The van der Waals surface area contributed by atoms with Crippen molar-refractivity contribution in [1.82, 2.24) is 14.1 Å². The maximum absolute atomic E-state index is 11.9. The molecule has 0 fully saturated rings. The normalized spacial score (nSPS) is 14.1. The molecule has 1 rings (SSSR count). The van der Waals surface area contributed by atoms with Gasteiger partial charge < -0.3 is 4.74 Å². The maximum Gasteiger partial charge on any atom is 0.216 e. The minimum atomic E-state index is -3.26. The average Bonchev–Trinajstić information content (AvgIpc) is 2.77. The zero-order chi connectivity index (χ0) is 12.9. The van der Waals surface area contributed by atoms with Crippen LogP contribution in [0.2, 0.25) is 0 Å². The summed E-state index contributed by atoms with van der Waals surface area (Å²) in [5.74, 6) is -0.000886. The van der Waals surface area contributed by atoms with Crippen LogP contribution in [0.1, 0.15) is 6.92 Å². The second kappa shape index (κ2) is 6.13. The lowest BCUT2D eigenvalue weighted by Gasteiger charge is -2.19. The van der Waals surface area contributed by atoms with E-state index < -0.39 is 10.0 Å². The molecular formula is C10H19N3O3S. The van der Waals surface area contributed by atoms with Crippen LogP contribution in [0.4, 0.5) is 0 Å². The molecule has 0 aliphatic heterocycles. The molecular weight excluding hydrogens is 242 g/mol. The van der Waals surface area contributed by atoms with Gasteiger partial charge in [-0.3, -0.25) is 4.68 Å². The van der Waals surface area contributed by atoms with E-state index in [0.29, 0.717) is 13.1 Å². The minimum Gasteiger partial charge on any atom is -0.381 e. The lowest BCUT2D eigenvalue weighted by molar-refractivity contribution is 0.135. The zero-order valence-electron chi connectivity index (χ0n) is 10.4. The van der Waals surface area contributed by atoms with Crippen molar-refractivity contribution in [2.24, 2.45) is 0 Å². The fourth-order valence-corrected chi connectivity index (χ4v) is 2.65. The number of aromatic nitrogens is 2. The fourth-order valence-electron chi connectivity index (χ4n) is 1.31. The van der Waals surface area contributed by atoms with Gasteiger partial charge in [0.25, 0.3) is 0 Å². The highest BCUT2D eigenvalue weighted by atomic mass is 32.2. The summed E-state index contributed by atoms with van der Waals surface area (Å²) in [7, 11) is -0.183. The van der Waals surface area contributed by atoms with Gasteiger partial charge in [-0.25, -0.2) is 12.7 Å². The third-order valence-corrected chi connectivity index (χ3v) is 4.55. The van der Waals surface area contributed by atoms with Gasteiger partial charge in [0.05, 0.1) is 18.4 Å². The van der Waals surface area contributed by atoms with Gasteiger partial charge in [-0.15, -0.1) is 0 Å². The van der Waals surface area contributed by atoms with Gasteiger partial charge in [-0.2, -0.15) is 5.10 Å². The van der Waals surface area contributed by atoms with Crippen molar-refractivity contribution in [3.63, 3.8) is 0 Å². The van der Waals surface area contributed by atoms with Crippen LogP contribution in [-0.4, -0.2) is 55.1 Å². The van der Waals surface area contributed by atoms with Crippen LogP contribution in [0.5, 0.6) is 0 Å². The highest BCUT2D eigenvalue weighted by Gasteiger charge is 2.20. The Kier molecular flexibility index (Phi) is 5.10. The lowest BCUT2D eigenvalue weighted by atomic mass is 10.5. The Bertz CT molecular complexity index is 416. The molecule has 98 valence electrons. The first-order chi connectivity index (χ1) is 7.95. The molecule has 0 saturated carbocycles. The van der Waals surface area contributed by atoms with Crippen LogP contribution in [0, 0.1) is 0 Å². The zero-order valence-corrected chi connectivity index (χ0v) is 11.2. The van der Waals surface area contributed by atoms with E-state index >= 15 is 0 Å². The Hall–Kier alpha value is -0.920. The van der Waals surface area contributed by atoms with Gasteiger partial charge in [0.15, 0.2) is 0 Å². The number of rotatable bonds is 7. The van der Waals surface area contributed by atoms with E-state index in [-0.39, 0.29) is 11.9 Å². The molecule has 0 saturated heterocycles. The molecule has 7 heteroatoms. The minimum absolute atomic E-state index is 0.000886. The molecule has 0 aliphatic carbocycles. The number of likely N-dealkylation sites (N-methyl/N-ethyl adjacent to an activating group) is 1. The first-order valence-electron chi connectivity index (χ1n) is 5.40. The van der Waals surface area contributed by atoms with Crippen LogP contribution in [-0.2, 0) is 21.3 Å². The average molecular weight is 261 g/mol. The molecule has 0 aromatic carbocycles. The van der Waals surface area contributed by atoms with Crippen molar-refractivity contribution < 1.29 is 13.2 Å². The molecule has 0 spiro atoms. The van der Waals surface area contributed by atoms with Crippen molar-refractivity contribution in [3.8, 4) is 0 Å². The Balaban J connectivity index is 2.48. The lowest BCUT2D eigenvalue weighted by Crippen LogP contribution is -2.35. The van der Waals surface area contributed by atoms with Gasteiger partial charge in [0.1, 0.15) is 0 Å². The molecule has 1 aromatic rings. The topological polar surface area (TPSA) is 64.4 Å². The number of methoxy groups -OCH3 is 1. The Morgan fingerprint density at radius 3 is 2.76 bits per heavy atom. The number of sulfonamides is 1. The van der Waals surface area contributed by atoms with Gasteiger partial charge in [-0.05, 0) is 13.0 Å². The number of hydrogen-bond acceptors (Lipinski definition) is 4. The molecule has 0 amide bonds. The third-order valence-electron chi connectivity index (χ3n) is 2.53. The van der Waals surface area contributed by atoms with E-state index in [1.54, 1.807) is 31.0 Å². The second-order valence-corrected chi connectivity index (χ2v) is 6.04. The molecule has 1 heterocycles. The molecule has 0 aliphatic rings. The monoisotopic (exact) mass is 261 g/mol. The van der Waals surface area contributed by atoms with Crippen molar-refractivity contribution in [2.45, 2.75) is 19.6 Å². The molecule has 0 N–H and O–H groups in total. The molecule has 1 atom stereocenters. The smallest absolute Gasteiger partial charge is 0.216 e. The SMILES string of the molecule is COC(C)CS(=O)(=O)N(C)CCn1cccn1. The Labute approximate surface area is 102 Å². The highest BCUT2D eigenvalue weighted by molar-refractivity contribution is 7.89. The summed E-state index contributed by atoms with van der Waals surface area (Å²) in [6.45, 7) is 2.68. The van der Waals surface area contributed by atoms with Crippen molar-refractivity contribution in [2.75, 3.05) is 26.5 Å². The van der Waals surface area contributed by atoms with Crippen LogP contribution >= 0.6 is 0 Å². The molecule has 0 bridgehead atoms. The maximum atomic E-state index is 11.9. The van der Waals surface area contributed by atoms with E-state index in [1.807, 2.05) is 6.07 Å².